The molecule has 19 heavy (non-hydrogen) atoms. The molecule has 1 aliphatic heterocycles. The summed E-state index contributed by atoms with van der Waals surface area (Å²) in [5, 5.41) is 9.46. The molecule has 4 heteroatoms. The van der Waals surface area contributed by atoms with Crippen molar-refractivity contribution >= 4 is 17.6 Å². The Bertz CT molecular complexity index is 704. The minimum atomic E-state index is -0.509. The summed E-state index contributed by atoms with van der Waals surface area (Å²) in [6.07, 6.45) is 1.54. The van der Waals surface area contributed by atoms with E-state index in [0.717, 1.165) is 0 Å². The van der Waals surface area contributed by atoms with Gasteiger partial charge in [-0.2, -0.15) is 0 Å². The lowest BCUT2D eigenvalue weighted by Crippen LogP contribution is -2.00. The molecule has 0 aromatic heterocycles. The highest BCUT2D eigenvalue weighted by molar-refractivity contribution is 6.26. The molecular formula is C15H9FO3. The van der Waals surface area contributed by atoms with Gasteiger partial charge in [0.15, 0.2) is 0 Å². The third-order valence-electron chi connectivity index (χ3n) is 2.84. The molecule has 0 aliphatic carbocycles. The van der Waals surface area contributed by atoms with Gasteiger partial charge in [0.1, 0.15) is 17.3 Å². The molecule has 0 saturated heterocycles. The number of phenols is 1. The number of rotatable bonds is 1. The maximum Gasteiger partial charge on any atom is 0.344 e. The van der Waals surface area contributed by atoms with Gasteiger partial charge in [-0.1, -0.05) is 12.1 Å². The van der Waals surface area contributed by atoms with Crippen molar-refractivity contribution in [1.29, 1.82) is 0 Å². The highest BCUT2D eigenvalue weighted by atomic mass is 19.1. The molecular weight excluding hydrogens is 247 g/mol. The highest BCUT2D eigenvalue weighted by Gasteiger charge is 2.27. The zero-order valence-electron chi connectivity index (χ0n) is 9.76. The normalized spacial score (nSPS) is 15.4. The fourth-order valence-corrected chi connectivity index (χ4v) is 1.98. The summed E-state index contributed by atoms with van der Waals surface area (Å²) in [7, 11) is 0. The first-order valence-corrected chi connectivity index (χ1v) is 5.66. The summed E-state index contributed by atoms with van der Waals surface area (Å²) in [5.74, 6) is -0.450. The van der Waals surface area contributed by atoms with Gasteiger partial charge < -0.3 is 9.84 Å². The van der Waals surface area contributed by atoms with Gasteiger partial charge in [-0.25, -0.2) is 9.18 Å². The van der Waals surface area contributed by atoms with E-state index in [1.165, 1.54) is 36.4 Å². The lowest BCUT2D eigenvalue weighted by atomic mass is 10.0. The number of aromatic hydroxyl groups is 1. The first-order valence-electron chi connectivity index (χ1n) is 5.66. The Morgan fingerprint density at radius 2 is 2.00 bits per heavy atom. The number of esters is 1. The molecule has 3 nitrogen and oxygen atoms in total. The van der Waals surface area contributed by atoms with E-state index in [-0.39, 0.29) is 11.6 Å². The molecule has 1 N–H and O–H groups in total. The van der Waals surface area contributed by atoms with Gasteiger partial charge >= 0.3 is 5.97 Å². The van der Waals surface area contributed by atoms with Crippen molar-refractivity contribution < 1.29 is 19.0 Å². The van der Waals surface area contributed by atoms with Crippen LogP contribution in [0.2, 0.25) is 0 Å². The van der Waals surface area contributed by atoms with E-state index in [2.05, 4.69) is 0 Å². The number of carbonyl (C=O) groups excluding carboxylic acids is 1. The minimum absolute atomic E-state index is 0.0437. The lowest BCUT2D eigenvalue weighted by molar-refractivity contribution is -0.126. The summed E-state index contributed by atoms with van der Waals surface area (Å²) in [4.78, 5) is 11.8. The molecule has 0 fully saturated rings. The summed E-state index contributed by atoms with van der Waals surface area (Å²) < 4.78 is 18.2. The average molecular weight is 256 g/mol. The number of hydrogen-bond acceptors (Lipinski definition) is 3. The first kappa shape index (κ1) is 11.5. The smallest absolute Gasteiger partial charge is 0.344 e. The van der Waals surface area contributed by atoms with Gasteiger partial charge in [-0.05, 0) is 42.0 Å². The molecule has 0 spiro atoms. The van der Waals surface area contributed by atoms with Crippen LogP contribution in [0.3, 0.4) is 0 Å². The number of halogens is 1. The van der Waals surface area contributed by atoms with Crippen LogP contribution in [0.5, 0.6) is 11.5 Å². The number of fused-ring (bicyclic) bond motifs is 1. The van der Waals surface area contributed by atoms with Crippen molar-refractivity contribution in [3.8, 4) is 11.5 Å². The third kappa shape index (κ3) is 2.08. The van der Waals surface area contributed by atoms with Crippen LogP contribution in [-0.4, -0.2) is 11.1 Å². The van der Waals surface area contributed by atoms with Crippen molar-refractivity contribution in [2.45, 2.75) is 0 Å². The van der Waals surface area contributed by atoms with E-state index in [9.17, 15) is 14.3 Å². The molecule has 0 unspecified atom stereocenters. The van der Waals surface area contributed by atoms with Gasteiger partial charge in [0.25, 0.3) is 0 Å². The zero-order chi connectivity index (χ0) is 13.4. The van der Waals surface area contributed by atoms with Crippen LogP contribution >= 0.6 is 0 Å². The molecule has 1 heterocycles. The number of hydrogen-bond donors (Lipinski definition) is 1. The van der Waals surface area contributed by atoms with Crippen molar-refractivity contribution in [1.82, 2.24) is 0 Å². The summed E-state index contributed by atoms with van der Waals surface area (Å²) in [6.45, 7) is 0. The van der Waals surface area contributed by atoms with E-state index in [0.29, 0.717) is 22.4 Å². The zero-order valence-corrected chi connectivity index (χ0v) is 9.76. The monoisotopic (exact) mass is 256 g/mol. The fraction of sp³-hybridized carbons (Fsp3) is 0. The molecule has 94 valence electrons. The molecule has 0 saturated carbocycles. The van der Waals surface area contributed by atoms with Crippen molar-refractivity contribution in [2.24, 2.45) is 0 Å². The predicted octanol–water partition coefficient (Wildman–Crippen LogP) is 2.99. The highest BCUT2D eigenvalue weighted by Crippen LogP contribution is 2.37. The summed E-state index contributed by atoms with van der Waals surface area (Å²) >= 11 is 0. The minimum Gasteiger partial charge on any atom is -0.508 e. The molecule has 0 radical (unpaired) electrons. The van der Waals surface area contributed by atoms with Gasteiger partial charge in [0.2, 0.25) is 0 Å². The topological polar surface area (TPSA) is 46.5 Å². The fourth-order valence-electron chi connectivity index (χ4n) is 1.98. The summed E-state index contributed by atoms with van der Waals surface area (Å²) in [5.41, 5.74) is 1.37. The maximum atomic E-state index is 13.1. The second-order valence-electron chi connectivity index (χ2n) is 4.18. The number of carbonyl (C=O) groups is 1. The van der Waals surface area contributed by atoms with E-state index >= 15 is 0 Å². The van der Waals surface area contributed by atoms with E-state index in [1.807, 2.05) is 0 Å². The van der Waals surface area contributed by atoms with E-state index in [1.54, 1.807) is 12.1 Å². The second kappa shape index (κ2) is 4.24. The Morgan fingerprint density at radius 3 is 2.79 bits per heavy atom. The first-order chi connectivity index (χ1) is 9.13. The van der Waals surface area contributed by atoms with Crippen LogP contribution < -0.4 is 4.74 Å². The van der Waals surface area contributed by atoms with E-state index < -0.39 is 5.97 Å². The van der Waals surface area contributed by atoms with Crippen LogP contribution in [0.25, 0.3) is 11.6 Å². The SMILES string of the molecule is O=C1Oc2ccc(O)cc2/C1=C/c1cccc(F)c1. The summed E-state index contributed by atoms with van der Waals surface area (Å²) in [6, 6.07) is 10.3. The number of phenolic OH excluding ortho intramolecular Hbond substituents is 1. The van der Waals surface area contributed by atoms with Crippen LogP contribution in [0, 0.1) is 5.82 Å². The van der Waals surface area contributed by atoms with Crippen LogP contribution in [0.15, 0.2) is 42.5 Å². The largest absolute Gasteiger partial charge is 0.508 e. The third-order valence-corrected chi connectivity index (χ3v) is 2.84. The molecule has 1 aliphatic rings. The van der Waals surface area contributed by atoms with E-state index in [4.69, 9.17) is 4.74 Å². The van der Waals surface area contributed by atoms with Gasteiger partial charge in [0, 0.05) is 5.56 Å². The average Bonchev–Trinajstić information content (AvgIpc) is 2.66. The molecule has 0 atom stereocenters. The van der Waals surface area contributed by atoms with Gasteiger partial charge in [-0.15, -0.1) is 0 Å². The predicted molar refractivity (Wildman–Crippen MR) is 68.0 cm³/mol. The van der Waals surface area contributed by atoms with Crippen molar-refractivity contribution in [3.05, 3.63) is 59.4 Å². The lowest BCUT2D eigenvalue weighted by Gasteiger charge is -1.98. The Morgan fingerprint density at radius 1 is 1.16 bits per heavy atom. The molecule has 0 amide bonds. The molecule has 3 rings (SSSR count). The number of ether oxygens (including phenoxy) is 1. The van der Waals surface area contributed by atoms with Crippen LogP contribution in [0.1, 0.15) is 11.1 Å². The molecule has 0 bridgehead atoms. The Labute approximate surface area is 108 Å². The number of benzene rings is 2. The Kier molecular flexibility index (Phi) is 2.56. The van der Waals surface area contributed by atoms with Crippen LogP contribution in [-0.2, 0) is 4.79 Å². The Balaban J connectivity index is 2.11. The van der Waals surface area contributed by atoms with Gasteiger partial charge in [0.05, 0.1) is 5.57 Å². The second-order valence-corrected chi connectivity index (χ2v) is 4.18. The Hall–Kier alpha value is -2.62. The van der Waals surface area contributed by atoms with Crippen molar-refractivity contribution in [3.63, 3.8) is 0 Å². The molecule has 2 aromatic carbocycles. The quantitative estimate of drug-likeness (QED) is 0.484. The molecule has 2 aromatic rings. The van der Waals surface area contributed by atoms with Gasteiger partial charge in [-0.3, -0.25) is 0 Å². The van der Waals surface area contributed by atoms with Crippen LogP contribution in [0.4, 0.5) is 4.39 Å². The maximum absolute atomic E-state index is 13.1. The van der Waals surface area contributed by atoms with Crippen molar-refractivity contribution in [2.75, 3.05) is 0 Å². The standard InChI is InChI=1S/C15H9FO3/c16-10-3-1-2-9(6-10)7-13-12-8-11(17)4-5-14(12)19-15(13)18/h1-8,17H/b13-7-.